The molecule has 1 aromatic heterocycles. The number of halogens is 3. The zero-order valence-electron chi connectivity index (χ0n) is 27.8. The SMILES string of the molecule is O=C1CC[C@@H](C(=O)O)NC(=O)[C@@H]2C[C@@H](NC(=O)Cc3cccc(C(F)(F)F)c3)CN2C(=O)[C@@H](NC(=O)c2cn(-c3ccccc3)nn2)CCCCN1. The number of alkyl halides is 3. The monoisotopic (exact) mass is 726 g/mol. The van der Waals surface area contributed by atoms with E-state index in [2.05, 4.69) is 31.6 Å². The molecule has 0 radical (unpaired) electrons. The maximum absolute atomic E-state index is 14.2. The molecule has 15 nitrogen and oxygen atoms in total. The van der Waals surface area contributed by atoms with Gasteiger partial charge in [-0.25, -0.2) is 9.48 Å². The minimum atomic E-state index is -4.61. The van der Waals surface area contributed by atoms with E-state index >= 15 is 0 Å². The van der Waals surface area contributed by atoms with Gasteiger partial charge in [0.1, 0.15) is 18.1 Å². The van der Waals surface area contributed by atoms with E-state index in [4.69, 9.17) is 0 Å². The molecule has 276 valence electrons. The molecule has 4 atom stereocenters. The molecular formula is C34H37F3N8O7. The van der Waals surface area contributed by atoms with Crippen LogP contribution < -0.4 is 21.3 Å². The van der Waals surface area contributed by atoms with E-state index in [0.717, 1.165) is 17.0 Å². The standard InChI is InChI=1S/C34H37F3N8O7/c35-34(36,37)21-8-6-7-20(15-21)16-29(47)39-22-17-27-31(49)41-25(33(51)52)12-13-28(46)38-14-5-4-11-24(32(50)44(27)18-22)40-30(48)26-19-45(43-42-26)23-9-2-1-3-10-23/h1-3,6-10,15,19,22,24-25,27H,4-5,11-14,16-18H2,(H,38,46)(H,39,47)(H,40,48)(H,41,49)(H,51,52)/t22-,24+,25+,27+/m1/s1. The highest BCUT2D eigenvalue weighted by molar-refractivity contribution is 5.98. The first-order valence-corrected chi connectivity index (χ1v) is 16.6. The Morgan fingerprint density at radius 1 is 0.981 bits per heavy atom. The van der Waals surface area contributed by atoms with Crippen molar-refractivity contribution in [3.63, 3.8) is 0 Å². The molecular weight excluding hydrogens is 689 g/mol. The Morgan fingerprint density at radius 2 is 1.75 bits per heavy atom. The summed E-state index contributed by atoms with van der Waals surface area (Å²) in [7, 11) is 0. The molecule has 3 aromatic rings. The molecule has 0 spiro atoms. The van der Waals surface area contributed by atoms with Crippen molar-refractivity contribution in [2.24, 2.45) is 0 Å². The molecule has 5 amide bonds. The van der Waals surface area contributed by atoms with Gasteiger partial charge in [-0.15, -0.1) is 5.10 Å². The topological polar surface area (TPSA) is 205 Å². The number of para-hydroxylation sites is 1. The van der Waals surface area contributed by atoms with Gasteiger partial charge in [-0.3, -0.25) is 24.0 Å². The van der Waals surface area contributed by atoms with Gasteiger partial charge in [-0.1, -0.05) is 41.6 Å². The lowest BCUT2D eigenvalue weighted by Gasteiger charge is -2.29. The first-order valence-electron chi connectivity index (χ1n) is 16.6. The van der Waals surface area contributed by atoms with Crippen molar-refractivity contribution < 1.29 is 47.0 Å². The van der Waals surface area contributed by atoms with Crippen molar-refractivity contribution in [2.45, 2.75) is 75.3 Å². The normalized spacial score (nSPS) is 21.9. The number of hydrogen-bond acceptors (Lipinski definition) is 8. The molecule has 2 aliphatic heterocycles. The summed E-state index contributed by atoms with van der Waals surface area (Å²) in [6.07, 6.45) is -3.39. The third-order valence-corrected chi connectivity index (χ3v) is 8.74. The Labute approximate surface area is 295 Å². The van der Waals surface area contributed by atoms with Crippen molar-refractivity contribution >= 4 is 35.5 Å². The lowest BCUT2D eigenvalue weighted by Crippen LogP contribution is -2.55. The Kier molecular flexibility index (Phi) is 11.9. The molecule has 0 aliphatic carbocycles. The van der Waals surface area contributed by atoms with Gasteiger partial charge < -0.3 is 31.3 Å². The van der Waals surface area contributed by atoms with E-state index in [9.17, 15) is 47.0 Å². The number of carbonyl (C=O) groups excluding carboxylic acids is 5. The Balaban J connectivity index is 1.37. The largest absolute Gasteiger partial charge is 0.480 e. The molecule has 2 saturated heterocycles. The van der Waals surface area contributed by atoms with Crippen LogP contribution in [0, 0.1) is 0 Å². The van der Waals surface area contributed by atoms with Gasteiger partial charge in [-0.05, 0) is 55.9 Å². The van der Waals surface area contributed by atoms with Gasteiger partial charge in [0.15, 0.2) is 5.69 Å². The molecule has 3 heterocycles. The number of fused-ring (bicyclic) bond motifs is 1. The minimum Gasteiger partial charge on any atom is -0.480 e. The summed E-state index contributed by atoms with van der Waals surface area (Å²) in [5.41, 5.74) is -0.297. The molecule has 2 aromatic carbocycles. The highest BCUT2D eigenvalue weighted by Gasteiger charge is 2.43. The van der Waals surface area contributed by atoms with Crippen molar-refractivity contribution in [3.05, 3.63) is 77.6 Å². The summed E-state index contributed by atoms with van der Waals surface area (Å²) in [6.45, 7) is -0.00486. The number of carbonyl (C=O) groups is 6. The molecule has 5 N–H and O–H groups in total. The first-order chi connectivity index (χ1) is 24.8. The Morgan fingerprint density at radius 3 is 2.48 bits per heavy atom. The predicted octanol–water partition coefficient (Wildman–Crippen LogP) is 1.36. The smallest absolute Gasteiger partial charge is 0.416 e. The van der Waals surface area contributed by atoms with Gasteiger partial charge in [0.05, 0.1) is 23.9 Å². The summed E-state index contributed by atoms with van der Waals surface area (Å²) < 4.78 is 41.1. The maximum atomic E-state index is 14.2. The number of benzene rings is 2. The fourth-order valence-electron chi connectivity index (χ4n) is 6.11. The van der Waals surface area contributed by atoms with Crippen molar-refractivity contribution in [1.29, 1.82) is 0 Å². The summed E-state index contributed by atoms with van der Waals surface area (Å²) in [6, 6.07) is 8.30. The fraction of sp³-hybridized carbons (Fsp3) is 0.412. The number of rotatable bonds is 7. The third kappa shape index (κ3) is 9.70. The van der Waals surface area contributed by atoms with Gasteiger partial charge >= 0.3 is 12.1 Å². The van der Waals surface area contributed by atoms with Crippen LogP contribution in [0.1, 0.15) is 60.1 Å². The van der Waals surface area contributed by atoms with Crippen LogP contribution in [0.5, 0.6) is 0 Å². The Hall–Kier alpha value is -5.81. The van der Waals surface area contributed by atoms with Gasteiger partial charge in [0.2, 0.25) is 23.6 Å². The van der Waals surface area contributed by atoms with Crippen LogP contribution in [0.15, 0.2) is 60.8 Å². The molecule has 0 saturated carbocycles. The molecule has 0 bridgehead atoms. The number of hydrogen-bond donors (Lipinski definition) is 5. The lowest BCUT2D eigenvalue weighted by atomic mass is 10.1. The number of carboxylic acids is 1. The first kappa shape index (κ1) is 37.4. The number of aliphatic carboxylic acids is 1. The molecule has 5 rings (SSSR count). The van der Waals surface area contributed by atoms with E-state index in [1.165, 1.54) is 23.0 Å². The highest BCUT2D eigenvalue weighted by atomic mass is 19.4. The van der Waals surface area contributed by atoms with Crippen LogP contribution >= 0.6 is 0 Å². The van der Waals surface area contributed by atoms with Crippen LogP contribution in [-0.4, -0.2) is 97.8 Å². The number of amides is 5. The molecule has 18 heteroatoms. The average molecular weight is 727 g/mol. The lowest BCUT2D eigenvalue weighted by molar-refractivity contribution is -0.144. The quantitative estimate of drug-likeness (QED) is 0.238. The van der Waals surface area contributed by atoms with Crippen LogP contribution in [0.25, 0.3) is 5.69 Å². The van der Waals surface area contributed by atoms with Crippen LogP contribution in [0.2, 0.25) is 0 Å². The van der Waals surface area contributed by atoms with Gasteiger partial charge in [0, 0.05) is 25.6 Å². The number of aromatic nitrogens is 3. The van der Waals surface area contributed by atoms with E-state index in [0.29, 0.717) is 18.5 Å². The second-order valence-corrected chi connectivity index (χ2v) is 12.6. The fourth-order valence-corrected chi connectivity index (χ4v) is 6.11. The average Bonchev–Trinajstić information content (AvgIpc) is 3.77. The summed E-state index contributed by atoms with van der Waals surface area (Å²) in [5, 5.41) is 28.1. The van der Waals surface area contributed by atoms with Gasteiger partial charge in [-0.2, -0.15) is 13.2 Å². The van der Waals surface area contributed by atoms with Crippen LogP contribution in [0.3, 0.4) is 0 Å². The summed E-state index contributed by atoms with van der Waals surface area (Å²) >= 11 is 0. The van der Waals surface area contributed by atoms with E-state index in [1.54, 1.807) is 30.3 Å². The second kappa shape index (κ2) is 16.5. The van der Waals surface area contributed by atoms with Crippen molar-refractivity contribution in [3.8, 4) is 5.69 Å². The number of carboxylic acid groups (broad SMARTS) is 1. The highest BCUT2D eigenvalue weighted by Crippen LogP contribution is 2.30. The van der Waals surface area contributed by atoms with Crippen LogP contribution in [0.4, 0.5) is 13.2 Å². The van der Waals surface area contributed by atoms with E-state index < -0.39 is 77.8 Å². The van der Waals surface area contributed by atoms with Gasteiger partial charge in [0.25, 0.3) is 5.91 Å². The third-order valence-electron chi connectivity index (χ3n) is 8.74. The molecule has 0 unspecified atom stereocenters. The second-order valence-electron chi connectivity index (χ2n) is 12.6. The Bertz CT molecular complexity index is 1800. The molecule has 2 fully saturated rings. The maximum Gasteiger partial charge on any atom is 0.416 e. The molecule has 2 aliphatic rings. The summed E-state index contributed by atoms with van der Waals surface area (Å²) in [4.78, 5) is 79.8. The van der Waals surface area contributed by atoms with Crippen molar-refractivity contribution in [2.75, 3.05) is 13.1 Å². The van der Waals surface area contributed by atoms with E-state index in [-0.39, 0.29) is 50.0 Å². The predicted molar refractivity (Wildman–Crippen MR) is 175 cm³/mol. The number of nitrogens with zero attached hydrogens (tertiary/aromatic N) is 4. The minimum absolute atomic E-state index is 0.0857. The van der Waals surface area contributed by atoms with E-state index in [1.807, 2.05) is 0 Å². The molecule has 52 heavy (non-hydrogen) atoms. The number of nitrogens with one attached hydrogen (secondary N) is 4. The van der Waals surface area contributed by atoms with Crippen LogP contribution in [-0.2, 0) is 36.6 Å². The summed E-state index contributed by atoms with van der Waals surface area (Å²) in [5.74, 6) is -4.78. The van der Waals surface area contributed by atoms with Crippen molar-refractivity contribution in [1.82, 2.24) is 41.2 Å². The zero-order valence-corrected chi connectivity index (χ0v) is 27.8. The zero-order chi connectivity index (χ0) is 37.4.